The van der Waals surface area contributed by atoms with Gasteiger partial charge in [-0.25, -0.2) is 14.5 Å². The third-order valence-corrected chi connectivity index (χ3v) is 7.39. The summed E-state index contributed by atoms with van der Waals surface area (Å²) >= 11 is 6.25. The van der Waals surface area contributed by atoms with Gasteiger partial charge in [-0.1, -0.05) is 11.6 Å². The van der Waals surface area contributed by atoms with Crippen LogP contribution in [-0.4, -0.2) is 67.6 Å². The summed E-state index contributed by atoms with van der Waals surface area (Å²) in [6.45, 7) is 4.25. The molecule has 5 aromatic rings. The minimum absolute atomic E-state index is 0.197. The first-order valence-corrected chi connectivity index (χ1v) is 13.1. The normalized spacial score (nSPS) is 14.0. The number of nitrogen functional groups attached to an aromatic ring is 1. The summed E-state index contributed by atoms with van der Waals surface area (Å²) in [6.07, 6.45) is 9.25. The van der Waals surface area contributed by atoms with Gasteiger partial charge in [0.2, 0.25) is 5.88 Å². The summed E-state index contributed by atoms with van der Waals surface area (Å²) in [5.41, 5.74) is 11.7. The summed E-state index contributed by atoms with van der Waals surface area (Å²) in [6, 6.07) is 10.2. The molecule has 0 saturated carbocycles. The molecule has 202 valence electrons. The van der Waals surface area contributed by atoms with Gasteiger partial charge in [0.1, 0.15) is 22.5 Å². The number of nitriles is 1. The Kier molecular flexibility index (Phi) is 6.71. The van der Waals surface area contributed by atoms with Crippen molar-refractivity contribution in [2.45, 2.75) is 6.54 Å². The predicted molar refractivity (Wildman–Crippen MR) is 153 cm³/mol. The Bertz CT molecular complexity index is 1730. The number of piperazine rings is 1. The molecule has 1 fully saturated rings. The van der Waals surface area contributed by atoms with Gasteiger partial charge in [0.25, 0.3) is 0 Å². The number of aromatic nitrogens is 6. The van der Waals surface area contributed by atoms with E-state index in [4.69, 9.17) is 27.1 Å². The Hall–Kier alpha value is -4.66. The Morgan fingerprint density at radius 2 is 1.85 bits per heavy atom. The number of halogens is 1. The third-order valence-electron chi connectivity index (χ3n) is 7.12. The van der Waals surface area contributed by atoms with Crippen molar-refractivity contribution in [1.29, 1.82) is 5.26 Å². The van der Waals surface area contributed by atoms with Crippen LogP contribution in [0.15, 0.2) is 55.2 Å². The van der Waals surface area contributed by atoms with Crippen LogP contribution in [0.3, 0.4) is 0 Å². The van der Waals surface area contributed by atoms with E-state index in [-0.39, 0.29) is 5.82 Å². The van der Waals surface area contributed by atoms with Crippen molar-refractivity contribution in [3.8, 4) is 34.2 Å². The van der Waals surface area contributed by atoms with Gasteiger partial charge in [0.05, 0.1) is 18.8 Å². The van der Waals surface area contributed by atoms with Crippen molar-refractivity contribution in [1.82, 2.24) is 34.3 Å². The van der Waals surface area contributed by atoms with Crippen LogP contribution in [0.1, 0.15) is 11.1 Å². The van der Waals surface area contributed by atoms with Crippen molar-refractivity contribution >= 4 is 28.8 Å². The number of hydrogen-bond donors (Lipinski definition) is 1. The lowest BCUT2D eigenvalue weighted by Gasteiger charge is -2.35. The number of aryl methyl sites for hydroxylation is 1. The highest BCUT2D eigenvalue weighted by atomic mass is 35.5. The van der Waals surface area contributed by atoms with E-state index in [0.717, 1.165) is 66.4 Å². The minimum atomic E-state index is 0.197. The lowest BCUT2D eigenvalue weighted by Crippen LogP contribution is -2.46. The van der Waals surface area contributed by atoms with Gasteiger partial charge in [-0.3, -0.25) is 9.58 Å². The molecule has 0 radical (unpaired) electrons. The number of methoxy groups -OCH3 is 1. The van der Waals surface area contributed by atoms with Gasteiger partial charge < -0.3 is 15.4 Å². The first kappa shape index (κ1) is 25.6. The van der Waals surface area contributed by atoms with Crippen molar-refractivity contribution in [2.75, 3.05) is 43.9 Å². The topological polar surface area (TPSA) is 126 Å². The van der Waals surface area contributed by atoms with Crippen molar-refractivity contribution < 1.29 is 4.74 Å². The number of pyridine rings is 3. The van der Waals surface area contributed by atoms with Crippen molar-refractivity contribution in [3.63, 3.8) is 0 Å². The number of anilines is 2. The molecule has 1 aliphatic heterocycles. The standard InChI is InChI=1S/C28H27ClN10O/c1-36-16-21(14-34-36)20-10-22(26-23(11-30)27(31)35-39(26)17-20)19-3-4-25(32-13-19)38-7-5-37(6-8-38)15-18-9-24(29)28(40-2)33-12-18/h3-4,9-10,12-14,16-17H,5-8,15H2,1-2H3,(H2,31,35). The molecule has 0 amide bonds. The lowest BCUT2D eigenvalue weighted by atomic mass is 10.0. The van der Waals surface area contributed by atoms with Crippen LogP contribution in [0.2, 0.25) is 5.02 Å². The fourth-order valence-electron chi connectivity index (χ4n) is 5.08. The molecule has 0 unspecified atom stereocenters. The molecule has 11 nitrogen and oxygen atoms in total. The molecule has 0 atom stereocenters. The molecular formula is C28H27ClN10O. The number of fused-ring (bicyclic) bond motifs is 1. The molecule has 2 N–H and O–H groups in total. The van der Waals surface area contributed by atoms with Gasteiger partial charge >= 0.3 is 0 Å². The summed E-state index contributed by atoms with van der Waals surface area (Å²) in [5.74, 6) is 1.54. The molecule has 0 aromatic carbocycles. The second kappa shape index (κ2) is 10.5. The van der Waals surface area contributed by atoms with Crippen LogP contribution >= 0.6 is 11.6 Å². The average Bonchev–Trinajstić information content (AvgIpc) is 3.55. The highest BCUT2D eigenvalue weighted by Crippen LogP contribution is 2.34. The van der Waals surface area contributed by atoms with Crippen LogP contribution in [0.25, 0.3) is 27.8 Å². The van der Waals surface area contributed by atoms with Crippen LogP contribution in [0, 0.1) is 11.3 Å². The molecule has 0 spiro atoms. The van der Waals surface area contributed by atoms with Gasteiger partial charge in [-0.05, 0) is 29.8 Å². The second-order valence-corrected chi connectivity index (χ2v) is 10.1. The smallest absolute Gasteiger partial charge is 0.232 e. The van der Waals surface area contributed by atoms with Gasteiger partial charge in [0.15, 0.2) is 5.82 Å². The fraction of sp³-hybridized carbons (Fsp3) is 0.250. The Morgan fingerprint density at radius 1 is 1.02 bits per heavy atom. The number of hydrogen-bond acceptors (Lipinski definition) is 9. The number of rotatable bonds is 6. The third kappa shape index (κ3) is 4.79. The quantitative estimate of drug-likeness (QED) is 0.335. The maximum atomic E-state index is 9.79. The average molecular weight is 555 g/mol. The van der Waals surface area contributed by atoms with E-state index < -0.39 is 0 Å². The second-order valence-electron chi connectivity index (χ2n) is 9.71. The number of nitrogens with two attached hydrogens (primary N) is 1. The van der Waals surface area contributed by atoms with E-state index in [1.54, 1.807) is 22.5 Å². The molecule has 5 aromatic heterocycles. The molecule has 6 heterocycles. The van der Waals surface area contributed by atoms with Crippen LogP contribution in [-0.2, 0) is 13.6 Å². The van der Waals surface area contributed by atoms with E-state index in [2.05, 4.69) is 31.1 Å². The first-order chi connectivity index (χ1) is 19.4. The molecule has 0 bridgehead atoms. The zero-order valence-electron chi connectivity index (χ0n) is 22.1. The van der Waals surface area contributed by atoms with Crippen LogP contribution in [0.4, 0.5) is 11.6 Å². The lowest BCUT2D eigenvalue weighted by molar-refractivity contribution is 0.249. The summed E-state index contributed by atoms with van der Waals surface area (Å²) in [7, 11) is 3.43. The summed E-state index contributed by atoms with van der Waals surface area (Å²) in [5, 5.41) is 19.0. The Morgan fingerprint density at radius 3 is 2.50 bits per heavy atom. The zero-order chi connectivity index (χ0) is 27.8. The predicted octanol–water partition coefficient (Wildman–Crippen LogP) is 3.63. The van der Waals surface area contributed by atoms with Gasteiger partial charge in [-0.15, -0.1) is 5.10 Å². The molecule has 40 heavy (non-hydrogen) atoms. The van der Waals surface area contributed by atoms with E-state index in [1.807, 2.05) is 56.1 Å². The molecule has 1 aliphatic rings. The highest BCUT2D eigenvalue weighted by Gasteiger charge is 2.21. The minimum Gasteiger partial charge on any atom is -0.480 e. The maximum Gasteiger partial charge on any atom is 0.232 e. The highest BCUT2D eigenvalue weighted by molar-refractivity contribution is 6.31. The summed E-state index contributed by atoms with van der Waals surface area (Å²) in [4.78, 5) is 13.7. The van der Waals surface area contributed by atoms with Crippen LogP contribution < -0.4 is 15.4 Å². The van der Waals surface area contributed by atoms with E-state index in [0.29, 0.717) is 22.0 Å². The van der Waals surface area contributed by atoms with E-state index in [9.17, 15) is 5.26 Å². The van der Waals surface area contributed by atoms with Crippen LogP contribution in [0.5, 0.6) is 5.88 Å². The van der Waals surface area contributed by atoms with Crippen molar-refractivity contribution in [3.05, 3.63) is 71.4 Å². The number of nitrogens with zero attached hydrogens (tertiary/aromatic N) is 9. The fourth-order valence-corrected chi connectivity index (χ4v) is 5.35. The molecule has 12 heteroatoms. The van der Waals surface area contributed by atoms with E-state index in [1.165, 1.54) is 0 Å². The molecular weight excluding hydrogens is 528 g/mol. The molecule has 1 saturated heterocycles. The Labute approximate surface area is 236 Å². The van der Waals surface area contributed by atoms with Gasteiger partial charge in [0, 0.05) is 86.8 Å². The Balaban J connectivity index is 1.22. The monoisotopic (exact) mass is 554 g/mol. The molecule has 6 rings (SSSR count). The number of ether oxygens (including phenoxy) is 1. The largest absolute Gasteiger partial charge is 0.480 e. The molecule has 0 aliphatic carbocycles. The SMILES string of the molecule is COc1ncc(CN2CCN(c3ccc(-c4cc(-c5cnn(C)c5)cn5nc(N)c(C#N)c45)cn3)CC2)cc1Cl. The zero-order valence-corrected chi connectivity index (χ0v) is 22.9. The summed E-state index contributed by atoms with van der Waals surface area (Å²) < 4.78 is 8.57. The maximum absolute atomic E-state index is 9.79. The van der Waals surface area contributed by atoms with Crippen molar-refractivity contribution in [2.24, 2.45) is 7.05 Å². The van der Waals surface area contributed by atoms with Gasteiger partial charge in [-0.2, -0.15) is 10.4 Å². The first-order valence-electron chi connectivity index (χ1n) is 12.8. The van der Waals surface area contributed by atoms with E-state index >= 15 is 0 Å².